The van der Waals surface area contributed by atoms with Crippen LogP contribution in [-0.4, -0.2) is 42.5 Å². The molecule has 1 saturated carbocycles. The Kier molecular flexibility index (Phi) is 9.34. The van der Waals surface area contributed by atoms with E-state index < -0.39 is 98.5 Å². The van der Waals surface area contributed by atoms with Gasteiger partial charge in [-0.05, 0) is 42.7 Å². The molecule has 0 aliphatic heterocycles. The van der Waals surface area contributed by atoms with Crippen molar-refractivity contribution in [3.05, 3.63) is 74.5 Å². The highest BCUT2D eigenvalue weighted by atomic mass is 35.5. The largest absolute Gasteiger partial charge is 0.417 e. The zero-order valence-electron chi connectivity index (χ0n) is 21.0. The molecule has 0 N–H and O–H groups in total. The third-order valence-electron chi connectivity index (χ3n) is 6.50. The maximum absolute atomic E-state index is 15.0. The first-order chi connectivity index (χ1) is 19.1. The number of ketones is 1. The number of carbonyl (C=O) groups is 2. The average Bonchev–Trinajstić information content (AvgIpc) is 3.62. The molecule has 42 heavy (non-hydrogen) atoms. The Labute approximate surface area is 240 Å². The molecule has 230 valence electrons. The van der Waals surface area contributed by atoms with E-state index in [-0.39, 0.29) is 25.0 Å². The lowest BCUT2D eigenvalue weighted by atomic mass is 9.90. The quantitative estimate of drug-likeness (QED) is 0.162. The standard InChI is InChI=1S/C26H18Cl2F11NO2/c1-40(11-24(31,32)33)22(42)23(4-5-23)10-20(41)14-3-2-12(6-16(14)26(37,38)39)19(29)9-15(25(34,35)36)13-7-17(27)21(30)18(28)8-13/h2-3,6-9,15H,4-5,10-11H2,1H3/b19-9-. The minimum absolute atomic E-state index is 0.0627. The van der Waals surface area contributed by atoms with E-state index in [1.165, 1.54) is 0 Å². The SMILES string of the molecule is CN(CC(F)(F)F)C(=O)C1(CC(=O)c2ccc(/C(F)=C/C(c3cc(Cl)c(F)c(Cl)c3)C(F)(F)F)cc2C(F)(F)F)CC1. The van der Waals surface area contributed by atoms with Crippen LogP contribution in [0.5, 0.6) is 0 Å². The number of benzene rings is 2. The summed E-state index contributed by atoms with van der Waals surface area (Å²) in [5, 5.41) is -1.64. The van der Waals surface area contributed by atoms with Gasteiger partial charge in [0, 0.05) is 24.6 Å². The van der Waals surface area contributed by atoms with Crippen molar-refractivity contribution in [3.63, 3.8) is 0 Å². The van der Waals surface area contributed by atoms with Gasteiger partial charge in [0.2, 0.25) is 5.91 Å². The highest BCUT2D eigenvalue weighted by molar-refractivity contribution is 6.35. The number of carbonyl (C=O) groups excluding carboxylic acids is 2. The van der Waals surface area contributed by atoms with Gasteiger partial charge in [-0.25, -0.2) is 8.78 Å². The van der Waals surface area contributed by atoms with Crippen molar-refractivity contribution in [1.82, 2.24) is 4.90 Å². The molecule has 1 atom stereocenters. The molecule has 3 rings (SSSR count). The predicted molar refractivity (Wildman–Crippen MR) is 130 cm³/mol. The van der Waals surface area contributed by atoms with Crippen molar-refractivity contribution >= 4 is 40.7 Å². The van der Waals surface area contributed by atoms with Gasteiger partial charge >= 0.3 is 18.5 Å². The molecule has 0 saturated heterocycles. The van der Waals surface area contributed by atoms with Crippen molar-refractivity contribution in [2.75, 3.05) is 13.6 Å². The van der Waals surface area contributed by atoms with E-state index in [0.717, 1.165) is 7.05 Å². The highest BCUT2D eigenvalue weighted by Gasteiger charge is 2.54. The Hall–Kier alpha value is -2.87. The van der Waals surface area contributed by atoms with Crippen LogP contribution in [-0.2, 0) is 11.0 Å². The number of alkyl halides is 9. The summed E-state index contributed by atoms with van der Waals surface area (Å²) in [5.41, 5.74) is -6.26. The van der Waals surface area contributed by atoms with Gasteiger partial charge in [0.05, 0.1) is 21.0 Å². The van der Waals surface area contributed by atoms with E-state index in [9.17, 15) is 53.5 Å². The number of amides is 1. The second-order valence-corrected chi connectivity index (χ2v) is 10.6. The normalized spacial score (nSPS) is 16.3. The Morgan fingerprint density at radius 3 is 1.98 bits per heavy atom. The molecular formula is C26H18Cl2F11NO2. The van der Waals surface area contributed by atoms with Crippen LogP contribution in [0.3, 0.4) is 0 Å². The van der Waals surface area contributed by atoms with Crippen LogP contribution in [0, 0.1) is 11.2 Å². The Morgan fingerprint density at radius 2 is 1.52 bits per heavy atom. The molecule has 16 heteroatoms. The van der Waals surface area contributed by atoms with Gasteiger partial charge in [0.25, 0.3) is 0 Å². The van der Waals surface area contributed by atoms with Gasteiger partial charge in [-0.1, -0.05) is 35.3 Å². The first-order valence-electron chi connectivity index (χ1n) is 11.7. The summed E-state index contributed by atoms with van der Waals surface area (Å²) < 4.78 is 150. The molecule has 2 aromatic rings. The van der Waals surface area contributed by atoms with Crippen LogP contribution in [0.2, 0.25) is 10.0 Å². The third kappa shape index (κ3) is 7.74. The molecule has 0 spiro atoms. The number of nitrogens with zero attached hydrogens (tertiary/aromatic N) is 1. The van der Waals surface area contributed by atoms with Crippen molar-refractivity contribution in [2.45, 2.75) is 43.7 Å². The van der Waals surface area contributed by atoms with Crippen molar-refractivity contribution in [2.24, 2.45) is 5.41 Å². The lowest BCUT2D eigenvalue weighted by molar-refractivity contribution is -0.161. The van der Waals surface area contributed by atoms with Crippen LogP contribution < -0.4 is 0 Å². The maximum atomic E-state index is 15.0. The fraction of sp³-hybridized carbons (Fsp3) is 0.385. The predicted octanol–water partition coefficient (Wildman–Crippen LogP) is 9.18. The molecular weight excluding hydrogens is 638 g/mol. The first-order valence-corrected chi connectivity index (χ1v) is 12.5. The van der Waals surface area contributed by atoms with Crippen molar-refractivity contribution in [3.8, 4) is 0 Å². The Bertz CT molecular complexity index is 1390. The topological polar surface area (TPSA) is 37.4 Å². The van der Waals surface area contributed by atoms with E-state index in [0.29, 0.717) is 29.2 Å². The van der Waals surface area contributed by atoms with Crippen molar-refractivity contribution < 1.29 is 57.9 Å². The van der Waals surface area contributed by atoms with Crippen LogP contribution in [0.25, 0.3) is 5.83 Å². The summed E-state index contributed by atoms with van der Waals surface area (Å²) in [6, 6.07) is 2.24. The Balaban J connectivity index is 1.97. The molecule has 0 heterocycles. The van der Waals surface area contributed by atoms with Crippen LogP contribution >= 0.6 is 23.2 Å². The van der Waals surface area contributed by atoms with Crippen LogP contribution in [0.4, 0.5) is 48.3 Å². The number of Topliss-reactive ketones (excluding diaryl/α,β-unsaturated/α-hetero) is 1. The van der Waals surface area contributed by atoms with Gasteiger partial charge in [-0.15, -0.1) is 0 Å². The van der Waals surface area contributed by atoms with E-state index >= 15 is 4.39 Å². The second kappa shape index (κ2) is 11.7. The summed E-state index contributed by atoms with van der Waals surface area (Å²) in [4.78, 5) is 25.7. The number of halogens is 13. The minimum atomic E-state index is -5.32. The number of hydrogen-bond donors (Lipinski definition) is 0. The summed E-state index contributed by atoms with van der Waals surface area (Å²) in [7, 11) is 0.827. The summed E-state index contributed by atoms with van der Waals surface area (Å²) >= 11 is 11.1. The lowest BCUT2D eigenvalue weighted by Gasteiger charge is -2.24. The Morgan fingerprint density at radius 1 is 0.976 bits per heavy atom. The van der Waals surface area contributed by atoms with Crippen molar-refractivity contribution in [1.29, 1.82) is 0 Å². The van der Waals surface area contributed by atoms with E-state index in [2.05, 4.69) is 0 Å². The molecule has 0 bridgehead atoms. The lowest BCUT2D eigenvalue weighted by Crippen LogP contribution is -2.41. The zero-order valence-corrected chi connectivity index (χ0v) is 22.6. The summed E-state index contributed by atoms with van der Waals surface area (Å²) in [6.07, 6.45) is -16.4. The molecule has 3 nitrogen and oxygen atoms in total. The van der Waals surface area contributed by atoms with Gasteiger partial charge in [0.15, 0.2) is 11.6 Å². The summed E-state index contributed by atoms with van der Waals surface area (Å²) in [6.45, 7) is -1.65. The number of hydrogen-bond acceptors (Lipinski definition) is 2. The number of rotatable bonds is 8. The molecule has 1 aliphatic carbocycles. The van der Waals surface area contributed by atoms with Gasteiger partial charge < -0.3 is 4.90 Å². The molecule has 1 aliphatic rings. The van der Waals surface area contributed by atoms with Crippen LogP contribution in [0.1, 0.15) is 52.2 Å². The minimum Gasteiger partial charge on any atom is -0.336 e. The monoisotopic (exact) mass is 655 g/mol. The number of allylic oxidation sites excluding steroid dienone is 1. The highest BCUT2D eigenvalue weighted by Crippen LogP contribution is 2.51. The molecule has 0 aromatic heterocycles. The molecule has 0 radical (unpaired) electrons. The molecule has 1 amide bonds. The van der Waals surface area contributed by atoms with E-state index in [4.69, 9.17) is 23.2 Å². The molecule has 1 unspecified atom stereocenters. The van der Waals surface area contributed by atoms with E-state index in [1.54, 1.807) is 0 Å². The fourth-order valence-electron chi connectivity index (χ4n) is 4.31. The third-order valence-corrected chi connectivity index (χ3v) is 7.05. The molecule has 1 fully saturated rings. The van der Waals surface area contributed by atoms with E-state index in [1.807, 2.05) is 0 Å². The smallest absolute Gasteiger partial charge is 0.336 e. The van der Waals surface area contributed by atoms with Gasteiger partial charge in [-0.3, -0.25) is 9.59 Å². The maximum Gasteiger partial charge on any atom is 0.417 e. The zero-order chi connectivity index (χ0) is 32.0. The van der Waals surface area contributed by atoms with Gasteiger partial charge in [0.1, 0.15) is 18.3 Å². The molecule has 2 aromatic carbocycles. The fourth-order valence-corrected chi connectivity index (χ4v) is 4.82. The van der Waals surface area contributed by atoms with Gasteiger partial charge in [-0.2, -0.15) is 39.5 Å². The second-order valence-electron chi connectivity index (χ2n) is 9.75. The first kappa shape index (κ1) is 33.6. The van der Waals surface area contributed by atoms with Crippen LogP contribution in [0.15, 0.2) is 36.4 Å². The summed E-state index contributed by atoms with van der Waals surface area (Å²) in [5.74, 6) is -8.23. The average molecular weight is 656 g/mol.